The van der Waals surface area contributed by atoms with Gasteiger partial charge in [-0.1, -0.05) is 43.7 Å². The van der Waals surface area contributed by atoms with E-state index in [1.54, 1.807) is 0 Å². The number of benzene rings is 1. The lowest BCUT2D eigenvalue weighted by Crippen LogP contribution is -2.32. The fourth-order valence-electron chi connectivity index (χ4n) is 1.53. The van der Waals surface area contributed by atoms with Gasteiger partial charge in [0.25, 0.3) is 0 Å². The first-order valence-electron chi connectivity index (χ1n) is 6.17. The summed E-state index contributed by atoms with van der Waals surface area (Å²) >= 11 is 0. The topological polar surface area (TPSA) is 50.4 Å². The lowest BCUT2D eigenvalue weighted by atomic mass is 10.1. The highest BCUT2D eigenvalue weighted by atomic mass is 127. The molecule has 0 aromatic heterocycles. The number of halogens is 1. The van der Waals surface area contributed by atoms with Crippen molar-refractivity contribution in [3.63, 3.8) is 0 Å². The van der Waals surface area contributed by atoms with Crippen molar-refractivity contribution in [2.45, 2.75) is 33.7 Å². The van der Waals surface area contributed by atoms with E-state index in [0.717, 1.165) is 13.0 Å². The van der Waals surface area contributed by atoms with Crippen LogP contribution in [-0.4, -0.2) is 12.5 Å². The summed E-state index contributed by atoms with van der Waals surface area (Å²) < 4.78 is 0. The van der Waals surface area contributed by atoms with Crippen LogP contribution < -0.4 is 11.1 Å². The van der Waals surface area contributed by atoms with Gasteiger partial charge in [0.1, 0.15) is 0 Å². The van der Waals surface area contributed by atoms with E-state index in [0.29, 0.717) is 18.4 Å². The van der Waals surface area contributed by atoms with E-state index in [4.69, 9.17) is 5.73 Å². The van der Waals surface area contributed by atoms with Crippen LogP contribution in [0.1, 0.15) is 31.4 Å². The van der Waals surface area contributed by atoms with Crippen molar-refractivity contribution in [1.29, 1.82) is 0 Å². The number of guanidine groups is 1. The third-order valence-corrected chi connectivity index (χ3v) is 2.54. The maximum Gasteiger partial charge on any atom is 0.188 e. The van der Waals surface area contributed by atoms with Gasteiger partial charge in [-0.2, -0.15) is 0 Å². The van der Waals surface area contributed by atoms with E-state index < -0.39 is 0 Å². The summed E-state index contributed by atoms with van der Waals surface area (Å²) in [6, 6.07) is 8.32. The number of aliphatic imine (C=N–C) groups is 1. The zero-order chi connectivity index (χ0) is 12.7. The Morgan fingerprint density at radius 2 is 2.11 bits per heavy atom. The Hall–Kier alpha value is -0.780. The van der Waals surface area contributed by atoms with Gasteiger partial charge in [0.2, 0.25) is 0 Å². The molecule has 1 aromatic rings. The molecule has 18 heavy (non-hydrogen) atoms. The second kappa shape index (κ2) is 9.19. The van der Waals surface area contributed by atoms with Crippen LogP contribution in [0.25, 0.3) is 0 Å². The van der Waals surface area contributed by atoms with Gasteiger partial charge in [-0.25, -0.2) is 4.99 Å². The fraction of sp³-hybridized carbons (Fsp3) is 0.500. The average molecular weight is 361 g/mol. The van der Waals surface area contributed by atoms with Gasteiger partial charge in [0.15, 0.2) is 5.96 Å². The van der Waals surface area contributed by atoms with Crippen molar-refractivity contribution in [3.8, 4) is 0 Å². The molecule has 0 bridgehead atoms. The minimum absolute atomic E-state index is 0. The Kier molecular flexibility index (Phi) is 8.79. The fourth-order valence-corrected chi connectivity index (χ4v) is 1.53. The summed E-state index contributed by atoms with van der Waals surface area (Å²) in [7, 11) is 0. The summed E-state index contributed by atoms with van der Waals surface area (Å²) in [5.74, 6) is 1.22. The molecule has 0 aliphatic carbocycles. The molecule has 0 saturated carbocycles. The number of nitrogens with one attached hydrogen (secondary N) is 1. The van der Waals surface area contributed by atoms with Crippen molar-refractivity contribution >= 4 is 29.9 Å². The van der Waals surface area contributed by atoms with Gasteiger partial charge < -0.3 is 11.1 Å². The number of aryl methyl sites for hydroxylation is 1. The molecular formula is C14H24IN3. The molecule has 0 atom stereocenters. The standard InChI is InChI=1S/C14H23N3.HI/c1-11(2)7-8-16-14(15)17-10-13-6-4-5-12(3)9-13;/h4-6,9,11H,7-8,10H2,1-3H3,(H3,15,16,17);1H. The maximum atomic E-state index is 5.78. The van der Waals surface area contributed by atoms with Gasteiger partial charge in [0, 0.05) is 6.54 Å². The molecule has 0 aliphatic heterocycles. The zero-order valence-electron chi connectivity index (χ0n) is 11.4. The van der Waals surface area contributed by atoms with Gasteiger partial charge in [-0.05, 0) is 24.8 Å². The third-order valence-electron chi connectivity index (χ3n) is 2.54. The Balaban J connectivity index is 0.00000289. The molecule has 0 saturated heterocycles. The number of hydrogen-bond donors (Lipinski definition) is 2. The molecule has 1 aromatic carbocycles. The second-order valence-electron chi connectivity index (χ2n) is 4.80. The molecule has 0 aliphatic rings. The summed E-state index contributed by atoms with van der Waals surface area (Å²) in [4.78, 5) is 4.32. The Morgan fingerprint density at radius 1 is 1.39 bits per heavy atom. The zero-order valence-corrected chi connectivity index (χ0v) is 13.8. The van der Waals surface area contributed by atoms with Gasteiger partial charge >= 0.3 is 0 Å². The summed E-state index contributed by atoms with van der Waals surface area (Å²) in [5.41, 5.74) is 8.23. The quantitative estimate of drug-likeness (QED) is 0.481. The van der Waals surface area contributed by atoms with Gasteiger partial charge in [0.05, 0.1) is 6.54 Å². The molecule has 3 N–H and O–H groups in total. The number of nitrogens with zero attached hydrogens (tertiary/aromatic N) is 1. The van der Waals surface area contributed by atoms with Gasteiger partial charge in [-0.15, -0.1) is 24.0 Å². The number of rotatable bonds is 5. The molecule has 102 valence electrons. The lowest BCUT2D eigenvalue weighted by molar-refractivity contribution is 0.576. The molecule has 0 unspecified atom stereocenters. The predicted molar refractivity (Wildman–Crippen MR) is 89.4 cm³/mol. The monoisotopic (exact) mass is 361 g/mol. The highest BCUT2D eigenvalue weighted by Gasteiger charge is 1.96. The Morgan fingerprint density at radius 3 is 2.72 bits per heavy atom. The largest absolute Gasteiger partial charge is 0.370 e. The minimum atomic E-state index is 0. The van der Waals surface area contributed by atoms with E-state index in [9.17, 15) is 0 Å². The first-order valence-corrected chi connectivity index (χ1v) is 6.17. The molecule has 0 heterocycles. The molecule has 0 spiro atoms. The summed E-state index contributed by atoms with van der Waals surface area (Å²) in [6.45, 7) is 8.00. The smallest absolute Gasteiger partial charge is 0.188 e. The highest BCUT2D eigenvalue weighted by molar-refractivity contribution is 14.0. The van der Waals surface area contributed by atoms with Crippen LogP contribution in [0.15, 0.2) is 29.3 Å². The van der Waals surface area contributed by atoms with Crippen molar-refractivity contribution in [2.75, 3.05) is 6.54 Å². The summed E-state index contributed by atoms with van der Waals surface area (Å²) in [6.07, 6.45) is 1.11. The van der Waals surface area contributed by atoms with E-state index in [2.05, 4.69) is 49.3 Å². The molecule has 3 nitrogen and oxygen atoms in total. The minimum Gasteiger partial charge on any atom is -0.370 e. The molecule has 1 rings (SSSR count). The SMILES string of the molecule is Cc1cccc(CN=C(N)NCCC(C)C)c1.I. The van der Waals surface area contributed by atoms with Crippen LogP contribution in [0, 0.1) is 12.8 Å². The van der Waals surface area contributed by atoms with Gasteiger partial charge in [-0.3, -0.25) is 0 Å². The normalized spacial score (nSPS) is 11.2. The molecule has 4 heteroatoms. The van der Waals surface area contributed by atoms with Crippen LogP contribution >= 0.6 is 24.0 Å². The second-order valence-corrected chi connectivity index (χ2v) is 4.80. The van der Waals surface area contributed by atoms with Crippen LogP contribution in [-0.2, 0) is 6.54 Å². The predicted octanol–water partition coefficient (Wildman–Crippen LogP) is 3.06. The van der Waals surface area contributed by atoms with E-state index in [1.807, 2.05) is 6.07 Å². The number of hydrogen-bond acceptors (Lipinski definition) is 1. The van der Waals surface area contributed by atoms with Crippen LogP contribution in [0.3, 0.4) is 0 Å². The Labute approximate surface area is 127 Å². The van der Waals surface area contributed by atoms with Crippen LogP contribution in [0.2, 0.25) is 0 Å². The maximum absolute atomic E-state index is 5.78. The van der Waals surface area contributed by atoms with Crippen LogP contribution in [0.5, 0.6) is 0 Å². The van der Waals surface area contributed by atoms with E-state index in [-0.39, 0.29) is 24.0 Å². The van der Waals surface area contributed by atoms with Crippen molar-refractivity contribution in [3.05, 3.63) is 35.4 Å². The van der Waals surface area contributed by atoms with Crippen molar-refractivity contribution in [1.82, 2.24) is 5.32 Å². The molecule has 0 radical (unpaired) electrons. The van der Waals surface area contributed by atoms with Crippen molar-refractivity contribution < 1.29 is 0 Å². The summed E-state index contributed by atoms with van der Waals surface area (Å²) in [5, 5.41) is 3.13. The van der Waals surface area contributed by atoms with E-state index >= 15 is 0 Å². The molecule has 0 fully saturated rings. The Bertz CT molecular complexity index is 375. The first kappa shape index (κ1) is 17.2. The molecular weight excluding hydrogens is 337 g/mol. The average Bonchev–Trinajstić information content (AvgIpc) is 2.26. The number of nitrogens with two attached hydrogens (primary N) is 1. The lowest BCUT2D eigenvalue weighted by Gasteiger charge is -2.07. The van der Waals surface area contributed by atoms with E-state index in [1.165, 1.54) is 11.1 Å². The molecule has 0 amide bonds. The van der Waals surface area contributed by atoms with Crippen LogP contribution in [0.4, 0.5) is 0 Å². The van der Waals surface area contributed by atoms with Crippen molar-refractivity contribution in [2.24, 2.45) is 16.6 Å². The third kappa shape index (κ3) is 7.53. The highest BCUT2D eigenvalue weighted by Crippen LogP contribution is 2.04. The first-order chi connectivity index (χ1) is 8.08.